The second kappa shape index (κ2) is 11.6. The Morgan fingerprint density at radius 2 is 1.79 bits per heavy atom. The van der Waals surface area contributed by atoms with Crippen molar-refractivity contribution in [3.8, 4) is 0 Å². The fourth-order valence-electron chi connectivity index (χ4n) is 3.04. The molecule has 1 heterocycles. The molecule has 1 aliphatic rings. The number of anilines is 1. The number of hydrogen-bond donors (Lipinski definition) is 0. The smallest absolute Gasteiger partial charge is 0.270 e. The summed E-state index contributed by atoms with van der Waals surface area (Å²) in [7, 11) is -2.40. The van der Waals surface area contributed by atoms with Crippen molar-refractivity contribution in [2.24, 2.45) is 0 Å². The van der Waals surface area contributed by atoms with Crippen molar-refractivity contribution in [1.29, 1.82) is 0 Å². The lowest BCUT2D eigenvalue weighted by atomic mass is 10.2. The number of nitro benzene ring substituents is 1. The van der Waals surface area contributed by atoms with Gasteiger partial charge < -0.3 is 9.64 Å². The van der Waals surface area contributed by atoms with Crippen molar-refractivity contribution in [1.82, 2.24) is 9.21 Å². The Morgan fingerprint density at radius 3 is 2.34 bits per heavy atom. The summed E-state index contributed by atoms with van der Waals surface area (Å²) in [5.41, 5.74) is 0.222. The molecule has 164 valence electrons. The number of nitrogens with zero attached hydrogens (tertiary/aromatic N) is 4. The first kappa shape index (κ1) is 24.5. The van der Waals surface area contributed by atoms with Crippen molar-refractivity contribution in [2.75, 3.05) is 75.1 Å². The van der Waals surface area contributed by atoms with E-state index in [-0.39, 0.29) is 10.6 Å². The number of benzene rings is 1. The molecule has 0 N–H and O–H groups in total. The van der Waals surface area contributed by atoms with Crippen LogP contribution < -0.4 is 4.90 Å². The van der Waals surface area contributed by atoms with Crippen LogP contribution in [-0.2, 0) is 14.8 Å². The summed E-state index contributed by atoms with van der Waals surface area (Å²) in [5, 5.41) is 12.5. The minimum Gasteiger partial charge on any atom is -0.379 e. The predicted octanol–water partition coefficient (Wildman–Crippen LogP) is 2.14. The van der Waals surface area contributed by atoms with Crippen LogP contribution in [0.4, 0.5) is 11.4 Å². The van der Waals surface area contributed by atoms with Gasteiger partial charge in [-0.2, -0.15) is 4.31 Å². The number of halogens is 2. The number of sulfonamides is 1. The second-order valence-corrected chi connectivity index (χ2v) is 10.2. The molecule has 9 nitrogen and oxygen atoms in total. The molecule has 0 aliphatic carbocycles. The van der Waals surface area contributed by atoms with Crippen LogP contribution in [0.2, 0.25) is 0 Å². The Labute approximate surface area is 188 Å². The summed E-state index contributed by atoms with van der Waals surface area (Å²) in [6.45, 7) is 4.82. The summed E-state index contributed by atoms with van der Waals surface area (Å²) in [5.74, 6) is 0. The SMILES string of the molecule is CN(CCN1CCOCC1)S(=O)(=O)c1cc([N+](=O)[O-])ccc1N(CCBr)CCBr. The minimum absolute atomic E-state index is 0.0434. The number of hydrogen-bond acceptors (Lipinski definition) is 7. The van der Waals surface area contributed by atoms with Crippen LogP contribution in [0.15, 0.2) is 23.1 Å². The maximum absolute atomic E-state index is 13.3. The minimum atomic E-state index is -3.91. The van der Waals surface area contributed by atoms with Gasteiger partial charge in [-0.15, -0.1) is 0 Å². The molecule has 0 radical (unpaired) electrons. The maximum atomic E-state index is 13.3. The number of morpholine rings is 1. The fraction of sp³-hybridized carbons (Fsp3) is 0.647. The van der Waals surface area contributed by atoms with Crippen molar-refractivity contribution in [2.45, 2.75) is 4.90 Å². The van der Waals surface area contributed by atoms with Crippen LogP contribution >= 0.6 is 31.9 Å². The zero-order valence-electron chi connectivity index (χ0n) is 16.3. The highest BCUT2D eigenvalue weighted by Crippen LogP contribution is 2.31. The van der Waals surface area contributed by atoms with Gasteiger partial charge in [-0.3, -0.25) is 15.0 Å². The molecule has 0 unspecified atom stereocenters. The highest BCUT2D eigenvalue weighted by molar-refractivity contribution is 9.09. The molecule has 1 fully saturated rings. The van der Waals surface area contributed by atoms with Crippen molar-refractivity contribution < 1.29 is 18.1 Å². The molecule has 0 spiro atoms. The third kappa shape index (κ3) is 6.59. The lowest BCUT2D eigenvalue weighted by molar-refractivity contribution is -0.385. The molecule has 0 aromatic heterocycles. The molecule has 1 saturated heterocycles. The van der Waals surface area contributed by atoms with Crippen molar-refractivity contribution in [3.05, 3.63) is 28.3 Å². The molecule has 29 heavy (non-hydrogen) atoms. The van der Waals surface area contributed by atoms with Crippen LogP contribution in [0.5, 0.6) is 0 Å². The molecule has 1 aromatic carbocycles. The van der Waals surface area contributed by atoms with Crippen LogP contribution in [0.1, 0.15) is 0 Å². The van der Waals surface area contributed by atoms with Gasteiger partial charge in [0.05, 0.1) is 23.8 Å². The Morgan fingerprint density at radius 1 is 1.17 bits per heavy atom. The fourth-order valence-corrected chi connectivity index (χ4v) is 5.28. The third-order valence-electron chi connectivity index (χ3n) is 4.73. The average molecular weight is 558 g/mol. The van der Waals surface area contributed by atoms with Gasteiger partial charge in [0, 0.05) is 69.1 Å². The van der Waals surface area contributed by atoms with E-state index in [2.05, 4.69) is 36.8 Å². The van der Waals surface area contributed by atoms with Gasteiger partial charge >= 0.3 is 0 Å². The van der Waals surface area contributed by atoms with Gasteiger partial charge in [-0.05, 0) is 6.07 Å². The second-order valence-electron chi connectivity index (χ2n) is 6.55. The summed E-state index contributed by atoms with van der Waals surface area (Å²) < 4.78 is 33.2. The van der Waals surface area contributed by atoms with Gasteiger partial charge in [0.1, 0.15) is 4.90 Å². The van der Waals surface area contributed by atoms with Crippen LogP contribution in [0, 0.1) is 10.1 Å². The van der Waals surface area contributed by atoms with Gasteiger partial charge in [0.25, 0.3) is 5.69 Å². The number of nitro groups is 1. The van der Waals surface area contributed by atoms with E-state index in [1.54, 1.807) is 0 Å². The lowest BCUT2D eigenvalue weighted by Gasteiger charge is -2.30. The average Bonchev–Trinajstić information content (AvgIpc) is 2.72. The Hall–Kier alpha value is -0.790. The third-order valence-corrected chi connectivity index (χ3v) is 7.32. The zero-order chi connectivity index (χ0) is 21.4. The normalized spacial score (nSPS) is 15.6. The molecule has 0 atom stereocenters. The summed E-state index contributed by atoms with van der Waals surface area (Å²) in [6, 6.07) is 4.02. The predicted molar refractivity (Wildman–Crippen MR) is 120 cm³/mol. The Balaban J connectivity index is 2.33. The molecule has 2 rings (SSSR count). The van der Waals surface area contributed by atoms with Crippen LogP contribution in [0.3, 0.4) is 0 Å². The Kier molecular flexibility index (Phi) is 9.76. The summed E-state index contributed by atoms with van der Waals surface area (Å²) in [4.78, 5) is 14.7. The number of ether oxygens (including phenoxy) is 1. The summed E-state index contributed by atoms with van der Waals surface area (Å²) >= 11 is 6.77. The lowest BCUT2D eigenvalue weighted by Crippen LogP contribution is -2.42. The topological polar surface area (TPSA) is 96.2 Å². The van der Waals surface area contributed by atoms with Gasteiger partial charge in [0.2, 0.25) is 10.0 Å². The van der Waals surface area contributed by atoms with E-state index in [4.69, 9.17) is 4.74 Å². The van der Waals surface area contributed by atoms with Gasteiger partial charge in [-0.1, -0.05) is 31.9 Å². The van der Waals surface area contributed by atoms with Gasteiger partial charge in [-0.25, -0.2) is 8.42 Å². The quantitative estimate of drug-likeness (QED) is 0.233. The molecule has 12 heteroatoms. The molecule has 1 aromatic rings. The van der Waals surface area contributed by atoms with E-state index >= 15 is 0 Å². The largest absolute Gasteiger partial charge is 0.379 e. The van der Waals surface area contributed by atoms with E-state index in [0.717, 1.165) is 19.2 Å². The van der Waals surface area contributed by atoms with Crippen molar-refractivity contribution >= 4 is 53.3 Å². The Bertz CT molecular complexity index is 784. The van der Waals surface area contributed by atoms with Crippen LogP contribution in [-0.4, -0.2) is 92.7 Å². The zero-order valence-corrected chi connectivity index (χ0v) is 20.3. The molecule has 0 saturated carbocycles. The van der Waals surface area contributed by atoms with Gasteiger partial charge in [0.15, 0.2) is 0 Å². The molecule has 0 amide bonds. The number of non-ortho nitro benzene ring substituents is 1. The standard InChI is InChI=1S/C17H26Br2N4O5S/c1-20(8-9-21-10-12-28-13-11-21)29(26,27)17-14-15(23(24)25)2-3-16(17)22(6-4-18)7-5-19/h2-3,14H,4-13H2,1H3. The van der Waals surface area contributed by atoms with E-state index < -0.39 is 14.9 Å². The van der Waals surface area contributed by atoms with E-state index in [1.165, 1.54) is 23.5 Å². The first-order valence-electron chi connectivity index (χ1n) is 9.23. The van der Waals surface area contributed by atoms with Crippen molar-refractivity contribution in [3.63, 3.8) is 0 Å². The highest BCUT2D eigenvalue weighted by Gasteiger charge is 2.29. The molecule has 0 bridgehead atoms. The van der Waals surface area contributed by atoms with E-state index in [9.17, 15) is 18.5 Å². The van der Waals surface area contributed by atoms with E-state index in [0.29, 0.717) is 55.7 Å². The summed E-state index contributed by atoms with van der Waals surface area (Å²) in [6.07, 6.45) is 0. The number of alkyl halides is 2. The first-order valence-corrected chi connectivity index (χ1v) is 12.9. The number of rotatable bonds is 11. The maximum Gasteiger partial charge on any atom is 0.270 e. The molecule has 1 aliphatic heterocycles. The monoisotopic (exact) mass is 556 g/mol. The van der Waals surface area contributed by atoms with E-state index in [1.807, 2.05) is 4.90 Å². The molecular weight excluding hydrogens is 532 g/mol. The van der Waals surface area contributed by atoms with Crippen LogP contribution in [0.25, 0.3) is 0 Å². The first-order chi connectivity index (χ1) is 13.8. The molecular formula is C17H26Br2N4O5S. The highest BCUT2D eigenvalue weighted by atomic mass is 79.9. The number of likely N-dealkylation sites (N-methyl/N-ethyl adjacent to an activating group) is 1.